The van der Waals surface area contributed by atoms with Gasteiger partial charge in [-0.3, -0.25) is 14.7 Å². The molecule has 3 rings (SSSR count). The smallest absolute Gasteiger partial charge is 0.307 e. The predicted octanol–water partition coefficient (Wildman–Crippen LogP) is 3.28. The van der Waals surface area contributed by atoms with E-state index in [2.05, 4.69) is 9.88 Å². The fraction of sp³-hybridized carbons (Fsp3) is 0.400. The lowest BCUT2D eigenvalue weighted by molar-refractivity contribution is -0.143. The average molecular weight is 340 g/mol. The largest absolute Gasteiger partial charge is 0.496 e. The zero-order valence-corrected chi connectivity index (χ0v) is 14.7. The van der Waals surface area contributed by atoms with Gasteiger partial charge in [-0.05, 0) is 44.0 Å². The molecule has 1 fully saturated rings. The first-order valence-corrected chi connectivity index (χ1v) is 8.63. The van der Waals surface area contributed by atoms with Crippen molar-refractivity contribution in [3.63, 3.8) is 0 Å². The summed E-state index contributed by atoms with van der Waals surface area (Å²) in [6.45, 7) is 3.42. The van der Waals surface area contributed by atoms with Gasteiger partial charge in [-0.25, -0.2) is 0 Å². The van der Waals surface area contributed by atoms with E-state index in [0.717, 1.165) is 42.0 Å². The molecule has 5 heteroatoms. The lowest BCUT2D eigenvalue weighted by Gasteiger charge is -2.37. The van der Waals surface area contributed by atoms with Crippen LogP contribution in [0.4, 0.5) is 0 Å². The van der Waals surface area contributed by atoms with Gasteiger partial charge in [0.25, 0.3) is 0 Å². The second-order valence-corrected chi connectivity index (χ2v) is 6.52. The molecule has 0 radical (unpaired) electrons. The van der Waals surface area contributed by atoms with Crippen LogP contribution in [0, 0.1) is 12.8 Å². The summed E-state index contributed by atoms with van der Waals surface area (Å²) in [7, 11) is 1.66. The number of aliphatic carboxylic acids is 1. The van der Waals surface area contributed by atoms with Gasteiger partial charge in [0, 0.05) is 18.3 Å². The van der Waals surface area contributed by atoms with E-state index in [1.54, 1.807) is 13.3 Å². The third-order valence-corrected chi connectivity index (χ3v) is 4.91. The molecule has 2 aromatic rings. The molecule has 1 aliphatic heterocycles. The number of carboxylic acid groups (broad SMARTS) is 1. The van der Waals surface area contributed by atoms with Crippen molar-refractivity contribution in [1.29, 1.82) is 0 Å². The van der Waals surface area contributed by atoms with Gasteiger partial charge in [0.05, 0.1) is 24.8 Å². The Morgan fingerprint density at radius 3 is 2.84 bits per heavy atom. The number of ether oxygens (including phenoxy) is 1. The second-order valence-electron chi connectivity index (χ2n) is 6.52. The first kappa shape index (κ1) is 17.4. The number of pyridine rings is 1. The molecule has 1 saturated heterocycles. The summed E-state index contributed by atoms with van der Waals surface area (Å²) in [5.41, 5.74) is 3.08. The molecular formula is C20H24N2O3. The Hall–Kier alpha value is -2.40. The van der Waals surface area contributed by atoms with Crippen molar-refractivity contribution >= 4 is 5.97 Å². The summed E-state index contributed by atoms with van der Waals surface area (Å²) in [6.07, 6.45) is 3.39. The molecule has 0 aliphatic carbocycles. The highest BCUT2D eigenvalue weighted by atomic mass is 16.5. The Bertz CT molecular complexity index is 747. The summed E-state index contributed by atoms with van der Waals surface area (Å²) < 4.78 is 5.58. The molecule has 25 heavy (non-hydrogen) atoms. The molecular weight excluding hydrogens is 316 g/mol. The van der Waals surface area contributed by atoms with Gasteiger partial charge in [0.1, 0.15) is 5.75 Å². The molecule has 5 nitrogen and oxygen atoms in total. The fourth-order valence-electron chi connectivity index (χ4n) is 3.64. The zero-order chi connectivity index (χ0) is 17.8. The van der Waals surface area contributed by atoms with Crippen LogP contribution in [0.1, 0.15) is 35.7 Å². The van der Waals surface area contributed by atoms with E-state index in [1.807, 2.05) is 43.3 Å². The number of methoxy groups -OCH3 is 1. The third kappa shape index (κ3) is 3.66. The van der Waals surface area contributed by atoms with E-state index in [-0.39, 0.29) is 12.0 Å². The Morgan fingerprint density at radius 1 is 1.32 bits per heavy atom. The SMILES string of the molecule is COc1ccccc1C(c1ncccc1C)N1CCCC(C(=O)O)C1. The highest BCUT2D eigenvalue weighted by Crippen LogP contribution is 2.37. The number of aryl methyl sites for hydroxylation is 1. The van der Waals surface area contributed by atoms with Crippen molar-refractivity contribution in [2.45, 2.75) is 25.8 Å². The average Bonchev–Trinajstić information content (AvgIpc) is 2.64. The zero-order valence-electron chi connectivity index (χ0n) is 14.7. The molecule has 0 amide bonds. The van der Waals surface area contributed by atoms with Crippen LogP contribution in [0.3, 0.4) is 0 Å². The number of carboxylic acids is 1. The maximum absolute atomic E-state index is 11.5. The van der Waals surface area contributed by atoms with Crippen LogP contribution < -0.4 is 4.74 Å². The first-order valence-electron chi connectivity index (χ1n) is 8.63. The minimum absolute atomic E-state index is 0.112. The molecule has 0 saturated carbocycles. The molecule has 1 aromatic heterocycles. The normalized spacial score (nSPS) is 19.4. The van der Waals surface area contributed by atoms with Crippen LogP contribution in [0.25, 0.3) is 0 Å². The molecule has 1 N–H and O–H groups in total. The van der Waals surface area contributed by atoms with Crippen molar-refractivity contribution in [3.8, 4) is 5.75 Å². The van der Waals surface area contributed by atoms with Crippen LogP contribution in [0.15, 0.2) is 42.6 Å². The first-order chi connectivity index (χ1) is 12.1. The van der Waals surface area contributed by atoms with E-state index < -0.39 is 5.97 Å². The Balaban J connectivity index is 2.06. The van der Waals surface area contributed by atoms with Crippen molar-refractivity contribution in [3.05, 3.63) is 59.4 Å². The number of rotatable bonds is 5. The molecule has 2 heterocycles. The van der Waals surface area contributed by atoms with E-state index in [4.69, 9.17) is 4.74 Å². The molecule has 132 valence electrons. The van der Waals surface area contributed by atoms with Crippen LogP contribution in [-0.4, -0.2) is 41.2 Å². The Labute approximate surface area is 148 Å². The summed E-state index contributed by atoms with van der Waals surface area (Å²) in [5, 5.41) is 9.47. The van der Waals surface area contributed by atoms with Gasteiger partial charge in [-0.2, -0.15) is 0 Å². The van der Waals surface area contributed by atoms with Gasteiger partial charge >= 0.3 is 5.97 Å². The number of para-hydroxylation sites is 1. The predicted molar refractivity (Wildman–Crippen MR) is 95.7 cm³/mol. The molecule has 2 atom stereocenters. The standard InChI is InChI=1S/C20H24N2O3/c1-14-7-5-11-21-18(14)19(16-9-3-4-10-17(16)25-2)22-12-6-8-15(13-22)20(23)24/h3-5,7,9-11,15,19H,6,8,12-13H2,1-2H3,(H,23,24). The number of hydrogen-bond acceptors (Lipinski definition) is 4. The van der Waals surface area contributed by atoms with Crippen molar-refractivity contribution in [2.75, 3.05) is 20.2 Å². The Kier molecular flexibility index (Phi) is 5.34. The van der Waals surface area contributed by atoms with Crippen molar-refractivity contribution in [2.24, 2.45) is 5.92 Å². The molecule has 1 aromatic carbocycles. The molecule has 1 aliphatic rings. The lowest BCUT2D eigenvalue weighted by Crippen LogP contribution is -2.41. The van der Waals surface area contributed by atoms with Gasteiger partial charge in [-0.1, -0.05) is 24.3 Å². The van der Waals surface area contributed by atoms with Gasteiger partial charge in [-0.15, -0.1) is 0 Å². The summed E-state index contributed by atoms with van der Waals surface area (Å²) in [6, 6.07) is 11.8. The van der Waals surface area contributed by atoms with Gasteiger partial charge < -0.3 is 9.84 Å². The summed E-state index contributed by atoms with van der Waals surface area (Å²) in [5.74, 6) is -0.258. The van der Waals surface area contributed by atoms with Crippen molar-refractivity contribution < 1.29 is 14.6 Å². The maximum atomic E-state index is 11.5. The Morgan fingerprint density at radius 2 is 2.12 bits per heavy atom. The van der Waals surface area contributed by atoms with E-state index in [9.17, 15) is 9.90 Å². The van der Waals surface area contributed by atoms with E-state index >= 15 is 0 Å². The second kappa shape index (κ2) is 7.66. The summed E-state index contributed by atoms with van der Waals surface area (Å²) in [4.78, 5) is 18.4. The van der Waals surface area contributed by atoms with Crippen LogP contribution >= 0.6 is 0 Å². The number of benzene rings is 1. The monoisotopic (exact) mass is 340 g/mol. The summed E-state index contributed by atoms with van der Waals surface area (Å²) >= 11 is 0. The highest BCUT2D eigenvalue weighted by molar-refractivity contribution is 5.70. The van der Waals surface area contributed by atoms with Crippen LogP contribution in [0.5, 0.6) is 5.75 Å². The minimum Gasteiger partial charge on any atom is -0.496 e. The third-order valence-electron chi connectivity index (χ3n) is 4.91. The van der Waals surface area contributed by atoms with E-state index in [0.29, 0.717) is 6.54 Å². The maximum Gasteiger partial charge on any atom is 0.307 e. The van der Waals surface area contributed by atoms with Crippen molar-refractivity contribution in [1.82, 2.24) is 9.88 Å². The number of likely N-dealkylation sites (tertiary alicyclic amines) is 1. The van der Waals surface area contributed by atoms with Crippen LogP contribution in [0.2, 0.25) is 0 Å². The van der Waals surface area contributed by atoms with Crippen LogP contribution in [-0.2, 0) is 4.79 Å². The minimum atomic E-state index is -0.721. The molecule has 0 spiro atoms. The fourth-order valence-corrected chi connectivity index (χ4v) is 3.64. The topological polar surface area (TPSA) is 62.7 Å². The number of carbonyl (C=O) groups is 1. The number of piperidine rings is 1. The lowest BCUT2D eigenvalue weighted by atomic mass is 9.91. The number of aromatic nitrogens is 1. The number of hydrogen-bond donors (Lipinski definition) is 1. The highest BCUT2D eigenvalue weighted by Gasteiger charge is 2.33. The van der Waals surface area contributed by atoms with E-state index in [1.165, 1.54) is 0 Å². The molecule has 2 unspecified atom stereocenters. The van der Waals surface area contributed by atoms with Gasteiger partial charge in [0.2, 0.25) is 0 Å². The quantitative estimate of drug-likeness (QED) is 0.905. The number of nitrogens with zero attached hydrogens (tertiary/aromatic N) is 2. The van der Waals surface area contributed by atoms with Gasteiger partial charge in [0.15, 0.2) is 0 Å². The molecule has 0 bridgehead atoms.